The number of aliphatic imine (C=N–C) groups is 1. The van der Waals surface area contributed by atoms with Crippen LogP contribution in [-0.4, -0.2) is 20.4 Å². The molecule has 0 aliphatic carbocycles. The second-order valence-electron chi connectivity index (χ2n) is 6.26. The summed E-state index contributed by atoms with van der Waals surface area (Å²) in [7, 11) is 1.62. The largest absolute Gasteiger partial charge is 0.494 e. The van der Waals surface area contributed by atoms with Crippen molar-refractivity contribution in [3.63, 3.8) is 0 Å². The Labute approximate surface area is 165 Å². The molecule has 1 atom stereocenters. The zero-order chi connectivity index (χ0) is 19.0. The maximum atomic E-state index is 12.6. The fourth-order valence-electron chi connectivity index (χ4n) is 3.09. The molecule has 4 rings (SSSR count). The van der Waals surface area contributed by atoms with Crippen molar-refractivity contribution >= 4 is 35.4 Å². The molecular formula is C20H17N3O2S2. The van der Waals surface area contributed by atoms with Crippen LogP contribution in [0, 0.1) is 4.77 Å². The average Bonchev–Trinajstić information content (AvgIpc) is 2.86. The van der Waals surface area contributed by atoms with Gasteiger partial charge in [0.1, 0.15) is 5.56 Å². The molecule has 0 spiro atoms. The number of aromatic nitrogens is 2. The molecule has 1 aromatic heterocycles. The van der Waals surface area contributed by atoms with E-state index < -0.39 is 5.56 Å². The predicted molar refractivity (Wildman–Crippen MR) is 111 cm³/mol. The molecule has 3 aromatic rings. The first-order valence-electron chi connectivity index (χ1n) is 8.45. The Morgan fingerprint density at radius 3 is 2.67 bits per heavy atom. The van der Waals surface area contributed by atoms with E-state index in [1.807, 2.05) is 42.5 Å². The van der Waals surface area contributed by atoms with Gasteiger partial charge < -0.3 is 5.11 Å². The predicted octanol–water partition coefficient (Wildman–Crippen LogP) is 4.51. The Bertz CT molecular complexity index is 1150. The minimum atomic E-state index is -0.425. The third-order valence-corrected chi connectivity index (χ3v) is 6.22. The Morgan fingerprint density at radius 2 is 1.89 bits per heavy atom. The number of rotatable bonds is 2. The van der Waals surface area contributed by atoms with Crippen molar-refractivity contribution in [2.75, 3.05) is 0 Å². The van der Waals surface area contributed by atoms with Crippen LogP contribution in [0.2, 0.25) is 0 Å². The minimum absolute atomic E-state index is 0.0703. The second kappa shape index (κ2) is 7.17. The summed E-state index contributed by atoms with van der Waals surface area (Å²) in [6.45, 7) is 0. The maximum absolute atomic E-state index is 12.6. The van der Waals surface area contributed by atoms with Gasteiger partial charge in [-0.15, -0.1) is 11.8 Å². The summed E-state index contributed by atoms with van der Waals surface area (Å²) in [6, 6.07) is 18.0. The van der Waals surface area contributed by atoms with Gasteiger partial charge in [0, 0.05) is 23.6 Å². The Hall–Kier alpha value is -2.64. The first-order chi connectivity index (χ1) is 13.0. The fourth-order valence-corrected chi connectivity index (χ4v) is 4.50. The third kappa shape index (κ3) is 3.36. The molecule has 0 amide bonds. The highest BCUT2D eigenvalue weighted by Crippen LogP contribution is 2.45. The van der Waals surface area contributed by atoms with Crippen molar-refractivity contribution in [3.8, 4) is 5.88 Å². The Kier molecular flexibility index (Phi) is 4.72. The van der Waals surface area contributed by atoms with Crippen molar-refractivity contribution in [3.05, 3.63) is 80.8 Å². The first kappa shape index (κ1) is 17.8. The summed E-state index contributed by atoms with van der Waals surface area (Å²) in [5.74, 6) is -0.168. The van der Waals surface area contributed by atoms with Crippen LogP contribution < -0.4 is 5.56 Å². The number of aromatic amines is 1. The maximum Gasteiger partial charge on any atom is 0.264 e. The van der Waals surface area contributed by atoms with Crippen LogP contribution in [0.1, 0.15) is 22.8 Å². The second-order valence-corrected chi connectivity index (χ2v) is 7.90. The van der Waals surface area contributed by atoms with E-state index in [0.717, 1.165) is 16.1 Å². The zero-order valence-electron chi connectivity index (χ0n) is 14.5. The molecule has 27 heavy (non-hydrogen) atoms. The van der Waals surface area contributed by atoms with E-state index in [1.165, 1.54) is 4.57 Å². The van der Waals surface area contributed by atoms with Crippen LogP contribution in [-0.2, 0) is 7.05 Å². The lowest BCUT2D eigenvalue weighted by Gasteiger charge is -2.16. The fraction of sp³-hybridized carbons (Fsp3) is 0.150. The van der Waals surface area contributed by atoms with E-state index in [4.69, 9.17) is 17.2 Å². The molecule has 5 nitrogen and oxygen atoms in total. The number of aromatic hydroxyl groups is 1. The lowest BCUT2D eigenvalue weighted by atomic mass is 10.0. The van der Waals surface area contributed by atoms with Crippen LogP contribution in [0.3, 0.4) is 0 Å². The lowest BCUT2D eigenvalue weighted by molar-refractivity contribution is 0.419. The molecule has 0 saturated heterocycles. The van der Waals surface area contributed by atoms with Gasteiger partial charge in [0.2, 0.25) is 5.88 Å². The highest BCUT2D eigenvalue weighted by molar-refractivity contribution is 7.99. The molecule has 0 radical (unpaired) electrons. The smallest absolute Gasteiger partial charge is 0.264 e. The van der Waals surface area contributed by atoms with Crippen LogP contribution in [0.4, 0.5) is 5.69 Å². The molecule has 7 heteroatoms. The number of thioether (sulfide) groups is 1. The molecule has 1 aliphatic rings. The van der Waals surface area contributed by atoms with E-state index in [1.54, 1.807) is 18.8 Å². The number of hydrogen-bond donors (Lipinski definition) is 2. The first-order valence-corrected chi connectivity index (χ1v) is 9.74. The summed E-state index contributed by atoms with van der Waals surface area (Å²) in [4.78, 5) is 21.0. The van der Waals surface area contributed by atoms with Crippen molar-refractivity contribution in [2.45, 2.75) is 16.6 Å². The van der Waals surface area contributed by atoms with Gasteiger partial charge in [-0.2, -0.15) is 0 Å². The normalized spacial score (nSPS) is 16.3. The van der Waals surface area contributed by atoms with Crippen molar-refractivity contribution in [1.82, 2.24) is 9.55 Å². The molecule has 0 fully saturated rings. The number of nitrogens with zero attached hydrogens (tertiary/aromatic N) is 2. The number of hydrogen-bond acceptors (Lipinski definition) is 5. The van der Waals surface area contributed by atoms with E-state index in [-0.39, 0.29) is 21.5 Å². The summed E-state index contributed by atoms with van der Waals surface area (Å²) < 4.78 is 1.56. The summed E-state index contributed by atoms with van der Waals surface area (Å²) in [6.07, 6.45) is 0.511. The van der Waals surface area contributed by atoms with Gasteiger partial charge in [0.15, 0.2) is 4.77 Å². The summed E-state index contributed by atoms with van der Waals surface area (Å²) in [5, 5.41) is 10.7. The average molecular weight is 396 g/mol. The quantitative estimate of drug-likeness (QED) is 0.627. The molecule has 136 valence electrons. The standard InChI is InChI=1S/C20H17N3O2S2/c1-23-19(25)17(18(24)22-20(23)26)14-11-16(12-7-3-2-4-8-12)27-15-10-6-5-9-13(15)21-14/h2-10,16,25H,11H2,1H3,(H,22,24,26). The van der Waals surface area contributed by atoms with Gasteiger partial charge in [0.25, 0.3) is 5.56 Å². The Balaban J connectivity index is 1.92. The molecule has 0 saturated carbocycles. The summed E-state index contributed by atoms with van der Waals surface area (Å²) >= 11 is 6.79. The van der Waals surface area contributed by atoms with Crippen LogP contribution >= 0.6 is 24.0 Å². The SMILES string of the molecule is Cn1c(O)c(C2=Nc3ccccc3SC(c3ccccc3)C2)c(=O)[nH]c1=S. The molecular weight excluding hydrogens is 378 g/mol. The molecule has 2 heterocycles. The van der Waals surface area contributed by atoms with Crippen LogP contribution in [0.25, 0.3) is 0 Å². The van der Waals surface area contributed by atoms with Gasteiger partial charge in [-0.1, -0.05) is 42.5 Å². The van der Waals surface area contributed by atoms with Crippen molar-refractivity contribution in [2.24, 2.45) is 12.0 Å². The number of nitrogens with one attached hydrogen (secondary N) is 1. The van der Waals surface area contributed by atoms with E-state index in [0.29, 0.717) is 12.1 Å². The molecule has 1 aliphatic heterocycles. The van der Waals surface area contributed by atoms with Crippen molar-refractivity contribution < 1.29 is 5.11 Å². The van der Waals surface area contributed by atoms with Gasteiger partial charge in [-0.25, -0.2) is 0 Å². The number of para-hydroxylation sites is 1. The monoisotopic (exact) mass is 395 g/mol. The van der Waals surface area contributed by atoms with Crippen molar-refractivity contribution in [1.29, 1.82) is 0 Å². The van der Waals surface area contributed by atoms with E-state index in [2.05, 4.69) is 17.1 Å². The molecule has 1 unspecified atom stereocenters. The number of benzene rings is 2. The van der Waals surface area contributed by atoms with Crippen LogP contribution in [0.5, 0.6) is 5.88 Å². The highest BCUT2D eigenvalue weighted by atomic mass is 32.2. The molecule has 2 N–H and O–H groups in total. The highest BCUT2D eigenvalue weighted by Gasteiger charge is 2.26. The topological polar surface area (TPSA) is 70.4 Å². The van der Waals surface area contributed by atoms with E-state index in [9.17, 15) is 9.90 Å². The number of fused-ring (bicyclic) bond motifs is 1. The van der Waals surface area contributed by atoms with Gasteiger partial charge in [0.05, 0.1) is 11.4 Å². The number of H-pyrrole nitrogens is 1. The van der Waals surface area contributed by atoms with Crippen LogP contribution in [0.15, 0.2) is 69.3 Å². The third-order valence-electron chi connectivity index (χ3n) is 4.52. The minimum Gasteiger partial charge on any atom is -0.494 e. The lowest BCUT2D eigenvalue weighted by Crippen LogP contribution is -2.23. The van der Waals surface area contributed by atoms with Gasteiger partial charge >= 0.3 is 0 Å². The van der Waals surface area contributed by atoms with E-state index >= 15 is 0 Å². The van der Waals surface area contributed by atoms with Gasteiger partial charge in [-0.05, 0) is 29.9 Å². The van der Waals surface area contributed by atoms with Gasteiger partial charge in [-0.3, -0.25) is 19.3 Å². The Morgan fingerprint density at radius 1 is 1.19 bits per heavy atom. The summed E-state index contributed by atoms with van der Waals surface area (Å²) in [5.41, 5.74) is 2.23. The molecule has 2 aromatic carbocycles. The zero-order valence-corrected chi connectivity index (χ0v) is 16.2. The molecule has 0 bridgehead atoms.